The molecule has 2 amide bonds. The summed E-state index contributed by atoms with van der Waals surface area (Å²) >= 11 is 0. The number of sulfonamides is 1. The van der Waals surface area contributed by atoms with Crippen LogP contribution in [-0.2, 0) is 40.0 Å². The van der Waals surface area contributed by atoms with Crippen molar-refractivity contribution in [2.45, 2.75) is 44.0 Å². The summed E-state index contributed by atoms with van der Waals surface area (Å²) in [6.07, 6.45) is 1.99. The molecule has 0 aromatic heterocycles. The van der Waals surface area contributed by atoms with E-state index < -0.39 is 61.8 Å². The molecular formula is C27H37N5O7S2. The van der Waals surface area contributed by atoms with Crippen molar-refractivity contribution in [3.05, 3.63) is 66.2 Å². The molecule has 2 aromatic carbocycles. The molecule has 2 unspecified atom stereocenters. The fraction of sp³-hybridized carbons (Fsp3) is 0.407. The lowest BCUT2D eigenvalue weighted by Gasteiger charge is -2.28. The van der Waals surface area contributed by atoms with Gasteiger partial charge in [0.05, 0.1) is 23.4 Å². The van der Waals surface area contributed by atoms with E-state index in [4.69, 9.17) is 5.73 Å². The van der Waals surface area contributed by atoms with E-state index >= 15 is 0 Å². The molecule has 0 spiro atoms. The summed E-state index contributed by atoms with van der Waals surface area (Å²) in [6.45, 7) is 1.48. The summed E-state index contributed by atoms with van der Waals surface area (Å²) in [4.78, 5) is 43.4. The van der Waals surface area contributed by atoms with Crippen molar-refractivity contribution >= 4 is 49.5 Å². The zero-order valence-electron chi connectivity index (χ0n) is 23.1. The van der Waals surface area contributed by atoms with Crippen LogP contribution in [0.1, 0.15) is 31.7 Å². The Morgan fingerprint density at radius 3 is 2.17 bits per heavy atom. The maximum Gasteiger partial charge on any atom is 0.245 e. The summed E-state index contributed by atoms with van der Waals surface area (Å²) in [5, 5.41) is 2.57. The number of nitrogens with two attached hydrogens (primary N) is 1. The lowest BCUT2D eigenvalue weighted by molar-refractivity contribution is -0.125. The topological polar surface area (TPSA) is 185 Å². The number of carbonyl (C=O) groups excluding carboxylic acids is 3. The highest BCUT2D eigenvalue weighted by Gasteiger charge is 2.31. The Labute approximate surface area is 241 Å². The number of anilines is 1. The first-order chi connectivity index (χ1) is 19.3. The van der Waals surface area contributed by atoms with E-state index in [1.54, 1.807) is 67.6 Å². The Hall–Kier alpha value is -3.62. The number of nitrogens with zero attached hydrogens (tertiary/aromatic N) is 2. The Kier molecular flexibility index (Phi) is 13.1. The maximum absolute atomic E-state index is 13.8. The number of hydrogen-bond acceptors (Lipinski definition) is 8. The number of amides is 2. The van der Waals surface area contributed by atoms with E-state index in [2.05, 4.69) is 15.0 Å². The van der Waals surface area contributed by atoms with Gasteiger partial charge in [-0.1, -0.05) is 48.5 Å². The van der Waals surface area contributed by atoms with Crippen molar-refractivity contribution in [2.24, 2.45) is 10.7 Å². The largest absolute Gasteiger partial charge is 0.388 e. The van der Waals surface area contributed by atoms with Crippen LogP contribution in [-0.4, -0.2) is 78.0 Å². The zero-order valence-corrected chi connectivity index (χ0v) is 24.7. The molecule has 2 rings (SSSR count). The van der Waals surface area contributed by atoms with Crippen LogP contribution in [0.5, 0.6) is 0 Å². The van der Waals surface area contributed by atoms with E-state index in [1.165, 1.54) is 0 Å². The number of aliphatic imine (C=N–C) groups is 1. The highest BCUT2D eigenvalue weighted by Crippen LogP contribution is 2.17. The van der Waals surface area contributed by atoms with E-state index in [9.17, 15) is 31.2 Å². The maximum atomic E-state index is 13.8. The van der Waals surface area contributed by atoms with E-state index in [-0.39, 0.29) is 12.1 Å². The SMILES string of the molecule is CC(N)=NCCCC(C=O)NC(=O)CN(C(=O)C(CCS(C)(=O)=O)NS(=O)(=O)Cc1ccccc1)c1ccccc1. The van der Waals surface area contributed by atoms with Gasteiger partial charge in [-0.05, 0) is 43.9 Å². The normalized spacial score (nSPS) is 13.7. The van der Waals surface area contributed by atoms with Crippen LogP contribution < -0.4 is 20.7 Å². The highest BCUT2D eigenvalue weighted by molar-refractivity contribution is 7.90. The second-order valence-corrected chi connectivity index (χ2v) is 13.6. The third-order valence-corrected chi connectivity index (χ3v) is 8.11. The number of sulfone groups is 1. The molecule has 41 heavy (non-hydrogen) atoms. The van der Waals surface area contributed by atoms with Gasteiger partial charge in [0.15, 0.2) is 0 Å². The van der Waals surface area contributed by atoms with Crippen molar-refractivity contribution in [3.63, 3.8) is 0 Å². The molecule has 0 fully saturated rings. The molecule has 2 aromatic rings. The first-order valence-electron chi connectivity index (χ1n) is 12.9. The Morgan fingerprint density at radius 2 is 1.61 bits per heavy atom. The number of rotatable bonds is 17. The fourth-order valence-electron chi connectivity index (χ4n) is 3.85. The van der Waals surface area contributed by atoms with Crippen LogP contribution in [0, 0.1) is 0 Å². The minimum Gasteiger partial charge on any atom is -0.388 e. The second-order valence-electron chi connectivity index (χ2n) is 9.57. The van der Waals surface area contributed by atoms with Crippen LogP contribution in [0.25, 0.3) is 0 Å². The molecule has 2 atom stereocenters. The molecule has 0 aliphatic rings. The number of hydrogen-bond donors (Lipinski definition) is 3. The predicted octanol–water partition coefficient (Wildman–Crippen LogP) is 0.784. The van der Waals surface area contributed by atoms with Gasteiger partial charge >= 0.3 is 0 Å². The molecule has 12 nitrogen and oxygen atoms in total. The van der Waals surface area contributed by atoms with Gasteiger partial charge in [0.2, 0.25) is 21.8 Å². The summed E-state index contributed by atoms with van der Waals surface area (Å²) in [5.41, 5.74) is 6.26. The fourth-order valence-corrected chi connectivity index (χ4v) is 5.88. The van der Waals surface area contributed by atoms with Crippen LogP contribution >= 0.6 is 0 Å². The summed E-state index contributed by atoms with van der Waals surface area (Å²) in [6, 6.07) is 14.1. The van der Waals surface area contributed by atoms with Gasteiger partial charge in [-0.2, -0.15) is 0 Å². The number of amidine groups is 1. The Morgan fingerprint density at radius 1 is 1.00 bits per heavy atom. The van der Waals surface area contributed by atoms with Crippen molar-refractivity contribution < 1.29 is 31.2 Å². The van der Waals surface area contributed by atoms with Gasteiger partial charge in [0, 0.05) is 18.5 Å². The second kappa shape index (κ2) is 16.0. The smallest absolute Gasteiger partial charge is 0.245 e. The molecule has 0 saturated carbocycles. The predicted molar refractivity (Wildman–Crippen MR) is 159 cm³/mol. The third-order valence-electron chi connectivity index (χ3n) is 5.78. The Bertz CT molecular complexity index is 1400. The van der Waals surface area contributed by atoms with Gasteiger partial charge in [-0.3, -0.25) is 14.6 Å². The molecule has 0 saturated heterocycles. The van der Waals surface area contributed by atoms with Crippen molar-refractivity contribution in [2.75, 3.05) is 30.0 Å². The first-order valence-corrected chi connectivity index (χ1v) is 16.6. The number of carbonyl (C=O) groups is 3. The zero-order chi connectivity index (χ0) is 30.5. The highest BCUT2D eigenvalue weighted by atomic mass is 32.2. The molecule has 4 N–H and O–H groups in total. The molecule has 0 radical (unpaired) electrons. The number of nitrogens with one attached hydrogen (secondary N) is 2. The molecule has 0 aliphatic heterocycles. The molecule has 14 heteroatoms. The third kappa shape index (κ3) is 13.1. The molecule has 0 aliphatic carbocycles. The quantitative estimate of drug-likeness (QED) is 0.102. The lowest BCUT2D eigenvalue weighted by Crippen LogP contribution is -2.53. The summed E-state index contributed by atoms with van der Waals surface area (Å²) in [5.74, 6) is -1.98. The average molecular weight is 608 g/mol. The van der Waals surface area contributed by atoms with Gasteiger partial charge in [-0.25, -0.2) is 21.6 Å². The van der Waals surface area contributed by atoms with Gasteiger partial charge < -0.3 is 20.7 Å². The molecule has 224 valence electrons. The first kappa shape index (κ1) is 33.6. The standard InChI is InChI=1S/C27H37N5O7S2/c1-21(28)29-16-9-12-23(19-33)30-26(34)18-32(24-13-7-4-8-14-24)27(35)25(15-17-40(2,36)37)31-41(38,39)20-22-10-5-3-6-11-22/h3-8,10-11,13-14,19,23,25,31H,9,12,15-18,20H2,1-2H3,(H2,28,29)(H,30,34). The van der Waals surface area contributed by atoms with Crippen molar-refractivity contribution in [3.8, 4) is 0 Å². The minimum absolute atomic E-state index is 0.287. The van der Waals surface area contributed by atoms with Crippen LogP contribution in [0.2, 0.25) is 0 Å². The minimum atomic E-state index is -4.09. The van der Waals surface area contributed by atoms with Gasteiger partial charge in [0.25, 0.3) is 0 Å². The van der Waals surface area contributed by atoms with E-state index in [0.717, 1.165) is 11.2 Å². The van der Waals surface area contributed by atoms with Crippen molar-refractivity contribution in [1.82, 2.24) is 10.0 Å². The average Bonchev–Trinajstić information content (AvgIpc) is 2.91. The monoisotopic (exact) mass is 607 g/mol. The van der Waals surface area contributed by atoms with Crippen LogP contribution in [0.15, 0.2) is 65.7 Å². The summed E-state index contributed by atoms with van der Waals surface area (Å²) in [7, 11) is -7.65. The van der Waals surface area contributed by atoms with Crippen LogP contribution in [0.4, 0.5) is 5.69 Å². The van der Waals surface area contributed by atoms with Crippen LogP contribution in [0.3, 0.4) is 0 Å². The lowest BCUT2D eigenvalue weighted by atomic mass is 10.1. The number of benzene rings is 2. The van der Waals surface area contributed by atoms with Gasteiger partial charge in [-0.15, -0.1) is 0 Å². The number of para-hydroxylation sites is 1. The molecular weight excluding hydrogens is 570 g/mol. The molecule has 0 bridgehead atoms. The van der Waals surface area contributed by atoms with E-state index in [0.29, 0.717) is 37.1 Å². The number of aldehydes is 1. The Balaban J connectivity index is 2.29. The summed E-state index contributed by atoms with van der Waals surface area (Å²) < 4.78 is 52.2. The molecule has 0 heterocycles. The van der Waals surface area contributed by atoms with E-state index in [1.807, 2.05) is 0 Å². The van der Waals surface area contributed by atoms with Crippen molar-refractivity contribution in [1.29, 1.82) is 0 Å². The van der Waals surface area contributed by atoms with Gasteiger partial charge in [0.1, 0.15) is 28.7 Å².